The molecule has 0 unspecified atom stereocenters. The Balaban J connectivity index is 2.11. The van der Waals surface area contributed by atoms with Crippen LogP contribution in [-0.2, 0) is 10.2 Å². The molecular formula is C10H18N4O2S. The first kappa shape index (κ1) is 12.5. The van der Waals surface area contributed by atoms with Crippen molar-refractivity contribution in [2.24, 2.45) is 0 Å². The van der Waals surface area contributed by atoms with Gasteiger partial charge in [0.1, 0.15) is 5.82 Å². The van der Waals surface area contributed by atoms with Crippen molar-refractivity contribution in [3.63, 3.8) is 0 Å². The van der Waals surface area contributed by atoms with Crippen molar-refractivity contribution in [1.82, 2.24) is 18.6 Å². The number of aryl methyl sites for hydroxylation is 1. The van der Waals surface area contributed by atoms with E-state index in [4.69, 9.17) is 0 Å². The van der Waals surface area contributed by atoms with Gasteiger partial charge in [-0.15, -0.1) is 0 Å². The lowest BCUT2D eigenvalue weighted by atomic mass is 10.1. The Labute approximate surface area is 102 Å². The smallest absolute Gasteiger partial charge is 0.281 e. The predicted molar refractivity (Wildman–Crippen MR) is 64.9 cm³/mol. The van der Waals surface area contributed by atoms with E-state index in [9.17, 15) is 8.42 Å². The molecule has 2 rings (SSSR count). The second-order valence-electron chi connectivity index (χ2n) is 4.59. The van der Waals surface area contributed by atoms with E-state index in [1.807, 2.05) is 6.92 Å². The van der Waals surface area contributed by atoms with Gasteiger partial charge >= 0.3 is 0 Å². The minimum Gasteiger partial charge on any atom is -0.346 e. The monoisotopic (exact) mass is 258 g/mol. The van der Waals surface area contributed by atoms with Gasteiger partial charge in [0.15, 0.2) is 0 Å². The first-order valence-electron chi connectivity index (χ1n) is 5.60. The Kier molecular flexibility index (Phi) is 3.24. The molecule has 0 spiro atoms. The Bertz CT molecular complexity index is 494. The summed E-state index contributed by atoms with van der Waals surface area (Å²) in [4.78, 5) is 7.44. The van der Waals surface area contributed by atoms with E-state index in [2.05, 4.69) is 9.97 Å². The molecule has 1 fully saturated rings. The number of hydrogen-bond acceptors (Lipinski definition) is 3. The summed E-state index contributed by atoms with van der Waals surface area (Å²) in [6, 6.07) is 0. The largest absolute Gasteiger partial charge is 0.346 e. The number of aromatic nitrogens is 2. The zero-order valence-electron chi connectivity index (χ0n) is 10.3. The molecule has 7 heteroatoms. The first-order chi connectivity index (χ1) is 7.91. The molecular weight excluding hydrogens is 240 g/mol. The molecule has 1 aromatic heterocycles. The maximum Gasteiger partial charge on any atom is 0.281 e. The fourth-order valence-electron chi connectivity index (χ4n) is 2.03. The summed E-state index contributed by atoms with van der Waals surface area (Å²) in [7, 11) is -0.175. The van der Waals surface area contributed by atoms with Crippen LogP contribution in [0.3, 0.4) is 0 Å². The fraction of sp³-hybridized carbons (Fsp3) is 0.700. The molecule has 1 N–H and O–H groups in total. The Morgan fingerprint density at radius 1 is 1.53 bits per heavy atom. The van der Waals surface area contributed by atoms with Crippen LogP contribution in [0.5, 0.6) is 0 Å². The molecule has 1 aliphatic rings. The highest BCUT2D eigenvalue weighted by atomic mass is 32.2. The van der Waals surface area contributed by atoms with Gasteiger partial charge in [0, 0.05) is 45.0 Å². The van der Waals surface area contributed by atoms with Crippen molar-refractivity contribution in [1.29, 1.82) is 0 Å². The average molecular weight is 258 g/mol. The van der Waals surface area contributed by atoms with Gasteiger partial charge in [-0.1, -0.05) is 0 Å². The van der Waals surface area contributed by atoms with Crippen LogP contribution in [0.2, 0.25) is 0 Å². The quantitative estimate of drug-likeness (QED) is 0.848. The lowest BCUT2D eigenvalue weighted by molar-refractivity contribution is 0.418. The van der Waals surface area contributed by atoms with Gasteiger partial charge in [0.25, 0.3) is 10.2 Å². The van der Waals surface area contributed by atoms with Crippen LogP contribution in [0.1, 0.15) is 23.9 Å². The van der Waals surface area contributed by atoms with Crippen molar-refractivity contribution < 1.29 is 8.42 Å². The standard InChI is InChI=1S/C10H18N4O2S/c1-8-6-11-10(12-8)9-4-5-14(7-9)17(15,16)13(2)3/h6,9H,4-5,7H2,1-3H3,(H,11,12)/t9-/m0/s1. The van der Waals surface area contributed by atoms with Crippen molar-refractivity contribution in [3.8, 4) is 0 Å². The summed E-state index contributed by atoms with van der Waals surface area (Å²) in [6.07, 6.45) is 2.60. The van der Waals surface area contributed by atoms with Crippen LogP contribution in [0.4, 0.5) is 0 Å². The maximum atomic E-state index is 11.9. The van der Waals surface area contributed by atoms with E-state index in [1.54, 1.807) is 20.3 Å². The summed E-state index contributed by atoms with van der Waals surface area (Å²) in [5.41, 5.74) is 1.01. The van der Waals surface area contributed by atoms with Crippen LogP contribution in [0.15, 0.2) is 6.20 Å². The number of aromatic amines is 1. The minimum absolute atomic E-state index is 0.179. The topological polar surface area (TPSA) is 69.3 Å². The molecule has 0 bridgehead atoms. The number of nitrogens with one attached hydrogen (secondary N) is 1. The summed E-state index contributed by atoms with van der Waals surface area (Å²) in [5, 5.41) is 0. The molecule has 0 aromatic carbocycles. The molecule has 6 nitrogen and oxygen atoms in total. The Morgan fingerprint density at radius 3 is 2.76 bits per heavy atom. The molecule has 1 saturated heterocycles. The highest BCUT2D eigenvalue weighted by molar-refractivity contribution is 7.86. The molecule has 96 valence electrons. The van der Waals surface area contributed by atoms with Crippen molar-refractivity contribution >= 4 is 10.2 Å². The third kappa shape index (κ3) is 2.36. The summed E-state index contributed by atoms with van der Waals surface area (Å²) in [5.74, 6) is 1.07. The van der Waals surface area contributed by atoms with Crippen LogP contribution >= 0.6 is 0 Å². The molecule has 1 atom stereocenters. The van der Waals surface area contributed by atoms with Gasteiger partial charge in [0.05, 0.1) is 0 Å². The summed E-state index contributed by atoms with van der Waals surface area (Å²) >= 11 is 0. The SMILES string of the molecule is Cc1cnc([C@H]2CCN(S(=O)(=O)N(C)C)C2)[nH]1. The van der Waals surface area contributed by atoms with Gasteiger partial charge in [-0.3, -0.25) is 0 Å². The van der Waals surface area contributed by atoms with Crippen LogP contribution in [0.25, 0.3) is 0 Å². The highest BCUT2D eigenvalue weighted by Gasteiger charge is 2.34. The van der Waals surface area contributed by atoms with Crippen LogP contribution in [-0.4, -0.2) is 54.2 Å². The van der Waals surface area contributed by atoms with E-state index in [1.165, 1.54) is 8.61 Å². The van der Waals surface area contributed by atoms with E-state index in [0.717, 1.165) is 17.9 Å². The van der Waals surface area contributed by atoms with E-state index >= 15 is 0 Å². The van der Waals surface area contributed by atoms with Gasteiger partial charge < -0.3 is 4.98 Å². The van der Waals surface area contributed by atoms with E-state index < -0.39 is 10.2 Å². The molecule has 17 heavy (non-hydrogen) atoms. The van der Waals surface area contributed by atoms with Crippen LogP contribution in [0, 0.1) is 6.92 Å². The number of rotatable bonds is 3. The molecule has 0 radical (unpaired) electrons. The zero-order chi connectivity index (χ0) is 12.6. The van der Waals surface area contributed by atoms with Crippen molar-refractivity contribution in [2.45, 2.75) is 19.3 Å². The minimum atomic E-state index is -3.29. The fourth-order valence-corrected chi connectivity index (χ4v) is 3.20. The first-order valence-corrected chi connectivity index (χ1v) is 7.00. The normalized spacial score (nSPS) is 22.5. The average Bonchev–Trinajstić information content (AvgIpc) is 2.85. The molecule has 0 aliphatic carbocycles. The van der Waals surface area contributed by atoms with Crippen molar-refractivity contribution in [2.75, 3.05) is 27.2 Å². The molecule has 0 saturated carbocycles. The lowest BCUT2D eigenvalue weighted by Gasteiger charge is -2.20. The number of hydrogen-bond donors (Lipinski definition) is 1. The number of nitrogens with zero attached hydrogens (tertiary/aromatic N) is 3. The summed E-state index contributed by atoms with van der Waals surface area (Å²) in [6.45, 7) is 3.01. The number of imidazole rings is 1. The Morgan fingerprint density at radius 2 is 2.24 bits per heavy atom. The van der Waals surface area contributed by atoms with Gasteiger partial charge in [-0.25, -0.2) is 4.98 Å². The molecule has 1 aliphatic heterocycles. The van der Waals surface area contributed by atoms with Gasteiger partial charge in [-0.2, -0.15) is 17.0 Å². The molecule has 0 amide bonds. The zero-order valence-corrected chi connectivity index (χ0v) is 11.2. The predicted octanol–water partition coefficient (Wildman–Crippen LogP) is 0.314. The van der Waals surface area contributed by atoms with E-state index in [-0.39, 0.29) is 5.92 Å². The number of H-pyrrole nitrogens is 1. The second kappa shape index (κ2) is 4.40. The molecule has 1 aromatic rings. The van der Waals surface area contributed by atoms with Gasteiger partial charge in [0.2, 0.25) is 0 Å². The third-order valence-electron chi connectivity index (χ3n) is 3.05. The second-order valence-corrected chi connectivity index (χ2v) is 6.73. The van der Waals surface area contributed by atoms with Gasteiger partial charge in [-0.05, 0) is 13.3 Å². The van der Waals surface area contributed by atoms with Crippen molar-refractivity contribution in [3.05, 3.63) is 17.7 Å². The lowest BCUT2D eigenvalue weighted by Crippen LogP contribution is -2.38. The van der Waals surface area contributed by atoms with Crippen LogP contribution < -0.4 is 0 Å². The Hall–Kier alpha value is -0.920. The summed E-state index contributed by atoms with van der Waals surface area (Å²) < 4.78 is 26.6. The van der Waals surface area contributed by atoms with E-state index in [0.29, 0.717) is 13.1 Å². The molecule has 2 heterocycles. The highest BCUT2D eigenvalue weighted by Crippen LogP contribution is 2.27. The maximum absolute atomic E-state index is 11.9. The third-order valence-corrected chi connectivity index (χ3v) is 4.96.